The van der Waals surface area contributed by atoms with Gasteiger partial charge in [0, 0.05) is 38.3 Å². The van der Waals surface area contributed by atoms with E-state index in [1.54, 1.807) is 7.11 Å². The van der Waals surface area contributed by atoms with Crippen LogP contribution in [0.4, 0.5) is 5.69 Å². The van der Waals surface area contributed by atoms with Gasteiger partial charge in [-0.1, -0.05) is 55.5 Å². The minimum Gasteiger partial charge on any atom is -0.378 e. The van der Waals surface area contributed by atoms with Gasteiger partial charge in [0.1, 0.15) is 0 Å². The van der Waals surface area contributed by atoms with Crippen LogP contribution >= 0.6 is 0 Å². The largest absolute Gasteiger partial charge is 0.378 e. The van der Waals surface area contributed by atoms with Crippen LogP contribution in [0.1, 0.15) is 38.3 Å². The fourth-order valence-electron chi connectivity index (χ4n) is 4.03. The van der Waals surface area contributed by atoms with Crippen molar-refractivity contribution in [1.29, 1.82) is 0 Å². The maximum atomic E-state index is 12.8. The van der Waals surface area contributed by atoms with E-state index in [1.807, 2.05) is 42.2 Å². The van der Waals surface area contributed by atoms with E-state index in [0.29, 0.717) is 12.5 Å². The number of anilines is 1. The first kappa shape index (κ1) is 19.6. The number of carbonyl (C=O) groups is 1. The van der Waals surface area contributed by atoms with E-state index in [0.717, 1.165) is 25.2 Å². The van der Waals surface area contributed by atoms with Crippen molar-refractivity contribution in [2.75, 3.05) is 25.1 Å². The number of ether oxygens (including phenoxy) is 1. The van der Waals surface area contributed by atoms with E-state index in [4.69, 9.17) is 4.74 Å². The Morgan fingerprint density at radius 3 is 2.37 bits per heavy atom. The molecule has 3 atom stereocenters. The molecule has 4 nitrogen and oxygen atoms in total. The van der Waals surface area contributed by atoms with Crippen LogP contribution in [0, 0.1) is 0 Å². The van der Waals surface area contributed by atoms with Crippen molar-refractivity contribution < 1.29 is 9.53 Å². The van der Waals surface area contributed by atoms with Crippen LogP contribution in [0.25, 0.3) is 0 Å². The minimum atomic E-state index is -0.0133. The molecule has 0 aromatic heterocycles. The summed E-state index contributed by atoms with van der Waals surface area (Å²) in [6.45, 7) is 5.93. The van der Waals surface area contributed by atoms with E-state index < -0.39 is 0 Å². The number of likely N-dealkylation sites (tertiary alicyclic amines) is 1. The van der Waals surface area contributed by atoms with Crippen molar-refractivity contribution in [2.45, 2.75) is 44.9 Å². The number of piperidine rings is 1. The molecule has 27 heavy (non-hydrogen) atoms. The maximum Gasteiger partial charge on any atom is 0.227 e. The lowest BCUT2D eigenvalue weighted by Crippen LogP contribution is -2.57. The zero-order chi connectivity index (χ0) is 19.2. The second-order valence-corrected chi connectivity index (χ2v) is 7.16. The van der Waals surface area contributed by atoms with Gasteiger partial charge < -0.3 is 9.64 Å². The Kier molecular flexibility index (Phi) is 6.64. The number of nitrogens with zero attached hydrogens (tertiary/aromatic N) is 2. The second-order valence-electron chi connectivity index (χ2n) is 7.16. The van der Waals surface area contributed by atoms with Gasteiger partial charge >= 0.3 is 0 Å². The molecule has 2 aromatic carbocycles. The molecule has 0 aliphatic carbocycles. The second kappa shape index (κ2) is 9.16. The Balaban J connectivity index is 1.80. The van der Waals surface area contributed by atoms with Gasteiger partial charge in [-0.25, -0.2) is 0 Å². The number of carbonyl (C=O) groups excluding carboxylic acids is 1. The molecule has 1 heterocycles. The fourth-order valence-corrected chi connectivity index (χ4v) is 4.03. The number of para-hydroxylation sites is 1. The number of amides is 1. The Morgan fingerprint density at radius 2 is 1.78 bits per heavy atom. The molecule has 1 aliphatic heterocycles. The number of hydrogen-bond acceptors (Lipinski definition) is 3. The molecule has 0 spiro atoms. The average Bonchev–Trinajstić information content (AvgIpc) is 2.74. The Bertz CT molecular complexity index is 720. The van der Waals surface area contributed by atoms with Crippen LogP contribution in [0.5, 0.6) is 0 Å². The van der Waals surface area contributed by atoms with E-state index >= 15 is 0 Å². The van der Waals surface area contributed by atoms with E-state index in [2.05, 4.69) is 42.2 Å². The quantitative estimate of drug-likeness (QED) is 0.765. The zero-order valence-electron chi connectivity index (χ0n) is 16.5. The van der Waals surface area contributed by atoms with Crippen molar-refractivity contribution >= 4 is 11.6 Å². The first-order valence-corrected chi connectivity index (χ1v) is 9.84. The molecule has 3 unspecified atom stereocenters. The van der Waals surface area contributed by atoms with Crippen LogP contribution in [-0.4, -0.2) is 43.2 Å². The molecule has 1 saturated heterocycles. The topological polar surface area (TPSA) is 32.8 Å². The zero-order valence-corrected chi connectivity index (χ0v) is 16.5. The summed E-state index contributed by atoms with van der Waals surface area (Å²) in [6, 6.07) is 20.9. The number of hydrogen-bond donors (Lipinski definition) is 0. The van der Waals surface area contributed by atoms with Crippen molar-refractivity contribution in [2.24, 2.45) is 0 Å². The molecule has 3 rings (SSSR count). The van der Waals surface area contributed by atoms with Crippen LogP contribution in [-0.2, 0) is 9.53 Å². The lowest BCUT2D eigenvalue weighted by Gasteiger charge is -2.45. The predicted octanol–water partition coefficient (Wildman–Crippen LogP) is 4.28. The van der Waals surface area contributed by atoms with Gasteiger partial charge in [-0.3, -0.25) is 9.69 Å². The van der Waals surface area contributed by atoms with Crippen molar-refractivity contribution in [3.05, 3.63) is 66.2 Å². The molecule has 0 radical (unpaired) electrons. The van der Waals surface area contributed by atoms with Crippen molar-refractivity contribution in [3.63, 3.8) is 0 Å². The highest BCUT2D eigenvalue weighted by atomic mass is 16.5. The lowest BCUT2D eigenvalue weighted by molar-refractivity contribution is -0.120. The molecule has 0 saturated carbocycles. The van der Waals surface area contributed by atoms with E-state index in [1.165, 1.54) is 5.56 Å². The summed E-state index contributed by atoms with van der Waals surface area (Å²) in [6.07, 6.45) is 1.38. The van der Waals surface area contributed by atoms with Gasteiger partial charge in [-0.05, 0) is 31.0 Å². The summed E-state index contributed by atoms with van der Waals surface area (Å²) >= 11 is 0. The van der Waals surface area contributed by atoms with E-state index in [9.17, 15) is 4.79 Å². The summed E-state index contributed by atoms with van der Waals surface area (Å²) in [5.41, 5.74) is 2.27. The predicted molar refractivity (Wildman–Crippen MR) is 110 cm³/mol. The highest BCUT2D eigenvalue weighted by Gasteiger charge is 2.37. The number of rotatable bonds is 6. The van der Waals surface area contributed by atoms with Gasteiger partial charge in [-0.15, -0.1) is 0 Å². The Morgan fingerprint density at radius 1 is 1.15 bits per heavy atom. The third-order valence-corrected chi connectivity index (χ3v) is 5.63. The molecule has 1 fully saturated rings. The van der Waals surface area contributed by atoms with Gasteiger partial charge in [0.15, 0.2) is 0 Å². The smallest absolute Gasteiger partial charge is 0.227 e. The Labute approximate surface area is 162 Å². The fraction of sp³-hybridized carbons (Fsp3) is 0.435. The normalized spacial score (nSPS) is 21.6. The summed E-state index contributed by atoms with van der Waals surface area (Å²) in [4.78, 5) is 17.2. The first-order chi connectivity index (χ1) is 13.2. The molecule has 0 bridgehead atoms. The van der Waals surface area contributed by atoms with Gasteiger partial charge in [0.05, 0.1) is 12.1 Å². The molecule has 2 aromatic rings. The van der Waals surface area contributed by atoms with Crippen LogP contribution in [0.15, 0.2) is 60.7 Å². The molecular formula is C23H30N2O2. The molecule has 1 aliphatic rings. The van der Waals surface area contributed by atoms with Crippen LogP contribution in [0.2, 0.25) is 0 Å². The summed E-state index contributed by atoms with van der Waals surface area (Å²) < 4.78 is 5.88. The van der Waals surface area contributed by atoms with E-state index in [-0.39, 0.29) is 18.1 Å². The van der Waals surface area contributed by atoms with Crippen molar-refractivity contribution in [1.82, 2.24) is 4.90 Å². The standard InChI is InChI=1S/C23H30N2O2/c1-4-23(26)25(20-13-9-6-10-14-20)21-15-16-24(17-22(21)27-3)18(2)19-11-7-5-8-12-19/h5-14,18,21-22H,4,15-17H2,1-3H3. The SMILES string of the molecule is CCC(=O)N(c1ccccc1)C1CCN(C(C)c2ccccc2)CC1OC. The van der Waals surface area contributed by atoms with Crippen molar-refractivity contribution in [3.8, 4) is 0 Å². The Hall–Kier alpha value is -2.17. The van der Waals surface area contributed by atoms with Crippen LogP contribution < -0.4 is 4.90 Å². The highest BCUT2D eigenvalue weighted by Crippen LogP contribution is 2.30. The molecule has 0 N–H and O–H groups in total. The number of methoxy groups -OCH3 is 1. The summed E-state index contributed by atoms with van der Waals surface area (Å²) in [5.74, 6) is 0.151. The van der Waals surface area contributed by atoms with Gasteiger partial charge in [-0.2, -0.15) is 0 Å². The summed E-state index contributed by atoms with van der Waals surface area (Å²) in [7, 11) is 1.76. The van der Waals surface area contributed by atoms with Gasteiger partial charge in [0.25, 0.3) is 0 Å². The van der Waals surface area contributed by atoms with Gasteiger partial charge in [0.2, 0.25) is 5.91 Å². The average molecular weight is 367 g/mol. The third-order valence-electron chi connectivity index (χ3n) is 5.63. The minimum absolute atomic E-state index is 0.0133. The molecular weight excluding hydrogens is 336 g/mol. The molecule has 4 heteroatoms. The summed E-state index contributed by atoms with van der Waals surface area (Å²) in [5, 5.41) is 0. The number of benzene rings is 2. The lowest BCUT2D eigenvalue weighted by atomic mass is 9.95. The van der Waals surface area contributed by atoms with Crippen LogP contribution in [0.3, 0.4) is 0 Å². The third kappa shape index (κ3) is 4.40. The molecule has 144 valence electrons. The maximum absolute atomic E-state index is 12.8. The first-order valence-electron chi connectivity index (χ1n) is 9.84. The molecule has 1 amide bonds. The highest BCUT2D eigenvalue weighted by molar-refractivity contribution is 5.93. The monoisotopic (exact) mass is 366 g/mol.